The van der Waals surface area contributed by atoms with E-state index in [4.69, 9.17) is 5.11 Å². The number of aliphatic hydroxyl groups is 1. The van der Waals surface area contributed by atoms with Crippen molar-refractivity contribution in [2.24, 2.45) is 5.92 Å². The zero-order valence-electron chi connectivity index (χ0n) is 9.95. The van der Waals surface area contributed by atoms with Crippen LogP contribution < -0.4 is 5.32 Å². The number of nitrogens with one attached hydrogen (secondary N) is 1. The maximum absolute atomic E-state index is 13.3. The summed E-state index contributed by atoms with van der Waals surface area (Å²) in [6, 6.07) is 6.25. The second-order valence-electron chi connectivity index (χ2n) is 4.19. The third-order valence-corrected chi connectivity index (χ3v) is 2.58. The summed E-state index contributed by atoms with van der Waals surface area (Å²) in [5, 5.41) is 11.4. The van der Waals surface area contributed by atoms with Crippen molar-refractivity contribution in [3.05, 3.63) is 35.6 Å². The highest BCUT2D eigenvalue weighted by Gasteiger charge is 2.08. The third kappa shape index (κ3) is 4.95. The molecule has 0 aliphatic rings. The molecule has 0 aromatic heterocycles. The third-order valence-electron chi connectivity index (χ3n) is 2.58. The average molecular weight is 239 g/mol. The van der Waals surface area contributed by atoms with Crippen molar-refractivity contribution in [3.8, 4) is 0 Å². The molecule has 0 saturated carbocycles. The Morgan fingerprint density at radius 2 is 2.18 bits per heavy atom. The van der Waals surface area contributed by atoms with E-state index in [1.165, 1.54) is 6.07 Å². The first-order valence-electron chi connectivity index (χ1n) is 5.74. The summed E-state index contributed by atoms with van der Waals surface area (Å²) in [5.74, 6) is -0.324. The minimum absolute atomic E-state index is 0.0541. The first-order chi connectivity index (χ1) is 8.13. The zero-order valence-corrected chi connectivity index (χ0v) is 9.95. The van der Waals surface area contributed by atoms with E-state index in [0.29, 0.717) is 18.5 Å². The van der Waals surface area contributed by atoms with E-state index < -0.39 is 0 Å². The van der Waals surface area contributed by atoms with E-state index in [1.807, 2.05) is 6.92 Å². The van der Waals surface area contributed by atoms with Gasteiger partial charge >= 0.3 is 0 Å². The van der Waals surface area contributed by atoms with E-state index in [2.05, 4.69) is 5.32 Å². The number of halogens is 1. The number of aliphatic hydroxyl groups excluding tert-OH is 1. The van der Waals surface area contributed by atoms with Gasteiger partial charge in [-0.05, 0) is 24.0 Å². The summed E-state index contributed by atoms with van der Waals surface area (Å²) in [6.07, 6.45) is 0.707. The summed E-state index contributed by atoms with van der Waals surface area (Å²) in [5.41, 5.74) is 0.403. The fourth-order valence-corrected chi connectivity index (χ4v) is 1.49. The molecule has 0 aliphatic heterocycles. The van der Waals surface area contributed by atoms with Crippen LogP contribution in [0, 0.1) is 11.7 Å². The number of hydrogen-bond acceptors (Lipinski definition) is 2. The molecule has 1 aromatic carbocycles. The summed E-state index contributed by atoms with van der Waals surface area (Å²) < 4.78 is 13.3. The molecule has 94 valence electrons. The molecule has 17 heavy (non-hydrogen) atoms. The van der Waals surface area contributed by atoms with Crippen LogP contribution in [0.1, 0.15) is 18.9 Å². The molecular formula is C13H18FNO2. The minimum Gasteiger partial charge on any atom is -0.396 e. The zero-order chi connectivity index (χ0) is 12.7. The smallest absolute Gasteiger partial charge is 0.224 e. The van der Waals surface area contributed by atoms with Gasteiger partial charge in [0, 0.05) is 13.2 Å². The topological polar surface area (TPSA) is 49.3 Å². The Balaban J connectivity index is 2.37. The molecule has 0 fully saturated rings. The Morgan fingerprint density at radius 1 is 1.47 bits per heavy atom. The van der Waals surface area contributed by atoms with Crippen molar-refractivity contribution < 1.29 is 14.3 Å². The Kier molecular flexibility index (Phi) is 5.63. The van der Waals surface area contributed by atoms with Gasteiger partial charge in [-0.2, -0.15) is 0 Å². The number of benzene rings is 1. The highest BCUT2D eigenvalue weighted by molar-refractivity contribution is 5.78. The van der Waals surface area contributed by atoms with Crippen molar-refractivity contribution in [2.75, 3.05) is 13.2 Å². The Hall–Kier alpha value is -1.42. The number of rotatable bonds is 6. The molecule has 0 spiro atoms. The van der Waals surface area contributed by atoms with Crippen LogP contribution in [0.3, 0.4) is 0 Å². The van der Waals surface area contributed by atoms with Gasteiger partial charge < -0.3 is 10.4 Å². The van der Waals surface area contributed by atoms with Gasteiger partial charge in [-0.3, -0.25) is 4.79 Å². The van der Waals surface area contributed by atoms with Gasteiger partial charge in [-0.25, -0.2) is 4.39 Å². The standard InChI is InChI=1S/C13H18FNO2/c1-10(6-7-16)9-15-13(17)8-11-4-2-3-5-12(11)14/h2-5,10,16H,6-9H2,1H3,(H,15,17). The summed E-state index contributed by atoms with van der Waals surface area (Å²) in [7, 11) is 0. The van der Waals surface area contributed by atoms with E-state index in [1.54, 1.807) is 18.2 Å². The second-order valence-corrected chi connectivity index (χ2v) is 4.19. The van der Waals surface area contributed by atoms with Crippen molar-refractivity contribution in [1.82, 2.24) is 5.32 Å². The van der Waals surface area contributed by atoms with Gasteiger partial charge in [-0.1, -0.05) is 25.1 Å². The normalized spacial score (nSPS) is 12.2. The molecule has 1 unspecified atom stereocenters. The molecule has 0 aliphatic carbocycles. The molecule has 0 radical (unpaired) electrons. The lowest BCUT2D eigenvalue weighted by molar-refractivity contribution is -0.120. The number of hydrogen-bond donors (Lipinski definition) is 2. The Bertz CT molecular complexity index is 368. The van der Waals surface area contributed by atoms with Gasteiger partial charge in [0.05, 0.1) is 6.42 Å². The van der Waals surface area contributed by atoms with Gasteiger partial charge in [0.15, 0.2) is 0 Å². The van der Waals surface area contributed by atoms with E-state index in [0.717, 1.165) is 0 Å². The lowest BCUT2D eigenvalue weighted by Gasteiger charge is -2.11. The van der Waals surface area contributed by atoms with Gasteiger partial charge in [0.1, 0.15) is 5.82 Å². The molecule has 3 nitrogen and oxygen atoms in total. The summed E-state index contributed by atoms with van der Waals surface area (Å²) >= 11 is 0. The summed E-state index contributed by atoms with van der Waals surface area (Å²) in [6.45, 7) is 2.57. The fraction of sp³-hybridized carbons (Fsp3) is 0.462. The predicted octanol–water partition coefficient (Wildman–Crippen LogP) is 1.50. The van der Waals surface area contributed by atoms with Crippen molar-refractivity contribution >= 4 is 5.91 Å². The quantitative estimate of drug-likeness (QED) is 0.790. The summed E-state index contributed by atoms with van der Waals surface area (Å²) in [4.78, 5) is 11.5. The predicted molar refractivity (Wildman–Crippen MR) is 64.0 cm³/mol. The molecule has 1 rings (SSSR count). The molecule has 2 N–H and O–H groups in total. The van der Waals surface area contributed by atoms with Crippen molar-refractivity contribution in [3.63, 3.8) is 0 Å². The largest absolute Gasteiger partial charge is 0.396 e. The maximum Gasteiger partial charge on any atom is 0.224 e. The van der Waals surface area contributed by atoms with Crippen LogP contribution in [0.15, 0.2) is 24.3 Å². The average Bonchev–Trinajstić information content (AvgIpc) is 2.30. The van der Waals surface area contributed by atoms with Gasteiger partial charge in [-0.15, -0.1) is 0 Å². The maximum atomic E-state index is 13.3. The number of carbonyl (C=O) groups excluding carboxylic acids is 1. The van der Waals surface area contributed by atoms with Crippen molar-refractivity contribution in [1.29, 1.82) is 0 Å². The molecule has 0 bridgehead atoms. The minimum atomic E-state index is -0.356. The van der Waals surface area contributed by atoms with E-state index in [9.17, 15) is 9.18 Å². The first kappa shape index (κ1) is 13.6. The van der Waals surface area contributed by atoms with Crippen LogP contribution in [0.25, 0.3) is 0 Å². The lowest BCUT2D eigenvalue weighted by atomic mass is 10.1. The molecule has 1 aromatic rings. The van der Waals surface area contributed by atoms with Crippen LogP contribution in [-0.4, -0.2) is 24.2 Å². The number of amides is 1. The molecule has 0 saturated heterocycles. The SMILES string of the molecule is CC(CCO)CNC(=O)Cc1ccccc1F. The monoisotopic (exact) mass is 239 g/mol. The highest BCUT2D eigenvalue weighted by Crippen LogP contribution is 2.07. The van der Waals surface area contributed by atoms with Crippen LogP contribution in [0.2, 0.25) is 0 Å². The van der Waals surface area contributed by atoms with Crippen LogP contribution in [0.5, 0.6) is 0 Å². The molecular weight excluding hydrogens is 221 g/mol. The van der Waals surface area contributed by atoms with Gasteiger partial charge in [0.2, 0.25) is 5.91 Å². The highest BCUT2D eigenvalue weighted by atomic mass is 19.1. The van der Waals surface area contributed by atoms with Crippen LogP contribution in [0.4, 0.5) is 4.39 Å². The molecule has 0 heterocycles. The number of carbonyl (C=O) groups is 1. The Labute approximate surface area is 101 Å². The van der Waals surface area contributed by atoms with E-state index >= 15 is 0 Å². The first-order valence-corrected chi connectivity index (χ1v) is 5.74. The van der Waals surface area contributed by atoms with Crippen LogP contribution in [-0.2, 0) is 11.2 Å². The second kappa shape index (κ2) is 7.01. The van der Waals surface area contributed by atoms with Crippen LogP contribution >= 0.6 is 0 Å². The van der Waals surface area contributed by atoms with E-state index in [-0.39, 0.29) is 30.7 Å². The Morgan fingerprint density at radius 3 is 2.82 bits per heavy atom. The molecule has 4 heteroatoms. The lowest BCUT2D eigenvalue weighted by Crippen LogP contribution is -2.30. The fourth-order valence-electron chi connectivity index (χ4n) is 1.49. The molecule has 1 atom stereocenters. The molecule has 1 amide bonds. The van der Waals surface area contributed by atoms with Gasteiger partial charge in [0.25, 0.3) is 0 Å². The van der Waals surface area contributed by atoms with Crippen molar-refractivity contribution in [2.45, 2.75) is 19.8 Å².